The fraction of sp³-hybridized carbons (Fsp3) is 0.0714. The number of methoxy groups -OCH3 is 1. The molecule has 1 heterocycles. The molecule has 0 bridgehead atoms. The van der Waals surface area contributed by atoms with Crippen molar-refractivity contribution in [3.05, 3.63) is 42.5 Å². The monoisotopic (exact) mass is 268 g/mol. The molecule has 0 aliphatic heterocycles. The highest BCUT2D eigenvalue weighted by Gasteiger charge is 2.06. The predicted molar refractivity (Wildman–Crippen MR) is 71.7 cm³/mol. The van der Waals surface area contributed by atoms with Crippen molar-refractivity contribution in [3.63, 3.8) is 0 Å². The van der Waals surface area contributed by atoms with Crippen LogP contribution in [0.3, 0.4) is 0 Å². The molecule has 0 aliphatic carbocycles. The van der Waals surface area contributed by atoms with Gasteiger partial charge in [0.25, 0.3) is 0 Å². The van der Waals surface area contributed by atoms with E-state index in [1.807, 2.05) is 18.2 Å². The molecule has 0 saturated heterocycles. The van der Waals surface area contributed by atoms with E-state index >= 15 is 0 Å². The maximum absolute atomic E-state index is 10.1. The van der Waals surface area contributed by atoms with E-state index in [2.05, 4.69) is 14.9 Å². The van der Waals surface area contributed by atoms with Gasteiger partial charge in [0.2, 0.25) is 0 Å². The van der Waals surface area contributed by atoms with Crippen molar-refractivity contribution in [2.24, 2.45) is 0 Å². The average molecular weight is 268 g/mol. The lowest BCUT2D eigenvalue weighted by molar-refractivity contribution is 0.415. The van der Waals surface area contributed by atoms with Crippen molar-refractivity contribution in [2.75, 3.05) is 7.11 Å². The third-order valence-corrected chi connectivity index (χ3v) is 2.81. The zero-order valence-electron chi connectivity index (χ0n) is 10.6. The molecule has 0 fully saturated rings. The molecule has 1 radical (unpaired) electrons. The van der Waals surface area contributed by atoms with E-state index in [1.54, 1.807) is 31.4 Å². The van der Waals surface area contributed by atoms with Crippen molar-refractivity contribution in [3.8, 4) is 17.2 Å². The Morgan fingerprint density at radius 2 is 1.70 bits per heavy atom. The third-order valence-electron chi connectivity index (χ3n) is 2.81. The minimum absolute atomic E-state index is 0.419. The Bertz CT molecular complexity index is 750. The van der Waals surface area contributed by atoms with Crippen molar-refractivity contribution in [1.82, 2.24) is 15.0 Å². The highest BCUT2D eigenvalue weighted by Crippen LogP contribution is 2.19. The van der Waals surface area contributed by atoms with Gasteiger partial charge in [-0.3, -0.25) is 0 Å². The smallest absolute Gasteiger partial charge is 0.423 e. The van der Waals surface area contributed by atoms with Gasteiger partial charge in [-0.25, -0.2) is 4.79 Å². The van der Waals surface area contributed by atoms with Crippen LogP contribution >= 0.6 is 0 Å². The molecular weight excluding hydrogens is 258 g/mol. The molecule has 0 N–H and O–H groups in total. The van der Waals surface area contributed by atoms with E-state index in [1.165, 1.54) is 11.3 Å². The average Bonchev–Trinajstić information content (AvgIpc) is 2.91. The van der Waals surface area contributed by atoms with E-state index in [-0.39, 0.29) is 0 Å². The number of ether oxygens (including phenoxy) is 2. The van der Waals surface area contributed by atoms with Gasteiger partial charge in [0.05, 0.1) is 12.8 Å². The largest absolute Gasteiger partial charge is 0.497 e. The second-order valence-corrected chi connectivity index (χ2v) is 4.02. The lowest BCUT2D eigenvalue weighted by Gasteiger charge is -2.00. The zero-order chi connectivity index (χ0) is 13.9. The molecule has 6 heteroatoms. The van der Waals surface area contributed by atoms with Crippen LogP contribution in [0.1, 0.15) is 0 Å². The van der Waals surface area contributed by atoms with Gasteiger partial charge in [0.1, 0.15) is 22.5 Å². The first-order chi connectivity index (χ1) is 9.80. The number of nitrogens with zero attached hydrogens (tertiary/aromatic N) is 3. The Hall–Kier alpha value is -2.89. The molecule has 3 aromatic rings. The molecule has 3 rings (SSSR count). The molecule has 0 saturated carbocycles. The van der Waals surface area contributed by atoms with E-state index in [9.17, 15) is 4.79 Å². The molecule has 2 aromatic carbocycles. The molecule has 0 unspecified atom stereocenters. The normalized spacial score (nSPS) is 10.4. The van der Waals surface area contributed by atoms with E-state index in [4.69, 9.17) is 4.74 Å². The first-order valence-corrected chi connectivity index (χ1v) is 5.85. The molecule has 6 nitrogen and oxygen atoms in total. The molecule has 0 aliphatic rings. The summed E-state index contributed by atoms with van der Waals surface area (Å²) in [6.45, 7) is 1.38. The van der Waals surface area contributed by atoms with Gasteiger partial charge in [0.15, 0.2) is 0 Å². The summed E-state index contributed by atoms with van der Waals surface area (Å²) in [6, 6.07) is 12.3. The van der Waals surface area contributed by atoms with Gasteiger partial charge >= 0.3 is 6.47 Å². The van der Waals surface area contributed by atoms with Crippen molar-refractivity contribution >= 4 is 17.5 Å². The van der Waals surface area contributed by atoms with Crippen LogP contribution in [0.5, 0.6) is 11.5 Å². The maximum Gasteiger partial charge on any atom is 0.423 e. The Labute approximate surface area is 114 Å². The van der Waals surface area contributed by atoms with Crippen LogP contribution in [0.25, 0.3) is 16.7 Å². The van der Waals surface area contributed by atoms with Crippen LogP contribution in [0.2, 0.25) is 0 Å². The lowest BCUT2D eigenvalue weighted by Crippen LogP contribution is -1.98. The summed E-state index contributed by atoms with van der Waals surface area (Å²) < 4.78 is 9.76. The molecule has 0 spiro atoms. The predicted octanol–water partition coefficient (Wildman–Crippen LogP) is 1.88. The summed E-state index contributed by atoms with van der Waals surface area (Å²) >= 11 is 0. The molecule has 99 valence electrons. The summed E-state index contributed by atoms with van der Waals surface area (Å²) in [7, 11) is 1.61. The Kier molecular flexibility index (Phi) is 3.04. The number of carbonyl (C=O) groups excluding carboxylic acids is 1. The van der Waals surface area contributed by atoms with Crippen LogP contribution in [-0.4, -0.2) is 28.6 Å². The van der Waals surface area contributed by atoms with Crippen LogP contribution < -0.4 is 9.47 Å². The van der Waals surface area contributed by atoms with Gasteiger partial charge < -0.3 is 9.47 Å². The van der Waals surface area contributed by atoms with Gasteiger partial charge in [-0.05, 0) is 36.4 Å². The van der Waals surface area contributed by atoms with Crippen molar-refractivity contribution < 1.29 is 14.3 Å². The summed E-state index contributed by atoms with van der Waals surface area (Å²) in [4.78, 5) is 11.6. The van der Waals surface area contributed by atoms with Crippen LogP contribution in [0.4, 0.5) is 0 Å². The van der Waals surface area contributed by atoms with E-state index < -0.39 is 0 Å². The molecular formula is C14H10N3O3. The quantitative estimate of drug-likeness (QED) is 0.722. The van der Waals surface area contributed by atoms with E-state index in [0.29, 0.717) is 5.75 Å². The number of rotatable bonds is 4. The second kappa shape index (κ2) is 5.00. The number of fused-ring (bicyclic) bond motifs is 1. The van der Waals surface area contributed by atoms with E-state index in [0.717, 1.165) is 22.5 Å². The number of benzene rings is 2. The lowest BCUT2D eigenvalue weighted by atomic mass is 10.3. The zero-order valence-corrected chi connectivity index (χ0v) is 10.6. The van der Waals surface area contributed by atoms with Gasteiger partial charge in [-0.15, -0.1) is 10.2 Å². The Balaban J connectivity index is 1.98. The van der Waals surface area contributed by atoms with Crippen LogP contribution in [-0.2, 0) is 4.79 Å². The third kappa shape index (κ3) is 2.18. The number of aromatic nitrogens is 3. The fourth-order valence-corrected chi connectivity index (χ4v) is 1.83. The first-order valence-electron chi connectivity index (χ1n) is 5.85. The second-order valence-electron chi connectivity index (χ2n) is 4.02. The Morgan fingerprint density at radius 1 is 1.00 bits per heavy atom. The maximum atomic E-state index is 10.1. The molecule has 0 amide bonds. The minimum Gasteiger partial charge on any atom is -0.497 e. The fourth-order valence-electron chi connectivity index (χ4n) is 1.83. The summed E-state index contributed by atoms with van der Waals surface area (Å²) in [5.41, 5.74) is 2.27. The molecule has 1 aromatic heterocycles. The first kappa shape index (κ1) is 12.2. The van der Waals surface area contributed by atoms with Gasteiger partial charge in [-0.2, -0.15) is 4.80 Å². The number of hydrogen-bond acceptors (Lipinski definition) is 5. The summed E-state index contributed by atoms with van der Waals surface area (Å²) in [5.74, 6) is 1.15. The van der Waals surface area contributed by atoms with Crippen molar-refractivity contribution in [2.45, 2.75) is 0 Å². The minimum atomic E-state index is 0.419. The summed E-state index contributed by atoms with van der Waals surface area (Å²) in [5, 5.41) is 8.74. The highest BCUT2D eigenvalue weighted by molar-refractivity contribution is 5.75. The summed E-state index contributed by atoms with van der Waals surface area (Å²) in [6.07, 6.45) is 0. The van der Waals surface area contributed by atoms with Crippen molar-refractivity contribution in [1.29, 1.82) is 0 Å². The van der Waals surface area contributed by atoms with Gasteiger partial charge in [0, 0.05) is 6.07 Å². The SMILES string of the molecule is COc1ccc2nn(-c3ccc(O[C]=O)cc3)nc2c1. The standard InChI is InChI=1S/C14H10N3O3/c1-19-12-6-7-13-14(8-12)16-17(15-13)10-2-4-11(5-3-10)20-9-18/h2-8H,1H3. The highest BCUT2D eigenvalue weighted by atomic mass is 16.5. The number of hydrogen-bond donors (Lipinski definition) is 0. The van der Waals surface area contributed by atoms with Crippen LogP contribution in [0, 0.1) is 0 Å². The molecule has 0 atom stereocenters. The molecule has 20 heavy (non-hydrogen) atoms. The van der Waals surface area contributed by atoms with Gasteiger partial charge in [-0.1, -0.05) is 0 Å². The Morgan fingerprint density at radius 3 is 2.40 bits per heavy atom. The topological polar surface area (TPSA) is 66.2 Å². The van der Waals surface area contributed by atoms with Crippen LogP contribution in [0.15, 0.2) is 42.5 Å².